The largest absolute Gasteiger partial charge is 0.495 e. The lowest BCUT2D eigenvalue weighted by Gasteiger charge is -2.07. The molecule has 0 spiro atoms. The number of halogens is 1. The summed E-state index contributed by atoms with van der Waals surface area (Å²) in [5.74, 6) is -1.41. The van der Waals surface area contributed by atoms with Gasteiger partial charge in [-0.1, -0.05) is 29.0 Å². The van der Waals surface area contributed by atoms with E-state index in [-0.39, 0.29) is 16.3 Å². The van der Waals surface area contributed by atoms with Crippen molar-refractivity contribution >= 4 is 61.7 Å². The number of nitro groups is 1. The summed E-state index contributed by atoms with van der Waals surface area (Å²) in [4.78, 5) is 39.2. The first-order valence-corrected chi connectivity index (χ1v) is 10.1. The second-order valence-electron chi connectivity index (χ2n) is 6.33. The maximum absolute atomic E-state index is 12.6. The van der Waals surface area contributed by atoms with Crippen LogP contribution in [-0.4, -0.2) is 28.8 Å². The standard InChI is InChI=1S/C20H13ClN4O6S/c1-30-13-4-2-3-11(17(13)21)18(26)24-20-23-12-6-5-10(9-15(12)32-20)22-19(27)14-7-8-16(31-14)25(28)29/h2-9H,1H3,(H,22,27)(H,23,24,26). The van der Waals surface area contributed by atoms with E-state index in [4.69, 9.17) is 20.8 Å². The number of hydrogen-bond donors (Lipinski definition) is 2. The van der Waals surface area contributed by atoms with Crippen LogP contribution in [0, 0.1) is 10.1 Å². The van der Waals surface area contributed by atoms with Crippen LogP contribution in [0.3, 0.4) is 0 Å². The van der Waals surface area contributed by atoms with Crippen molar-refractivity contribution in [3.05, 3.63) is 75.0 Å². The summed E-state index contributed by atoms with van der Waals surface area (Å²) in [6.45, 7) is 0. The van der Waals surface area contributed by atoms with Crippen molar-refractivity contribution in [1.82, 2.24) is 4.98 Å². The van der Waals surface area contributed by atoms with Crippen molar-refractivity contribution in [2.24, 2.45) is 0 Å². The van der Waals surface area contributed by atoms with Gasteiger partial charge < -0.3 is 14.5 Å². The average Bonchev–Trinajstić information content (AvgIpc) is 3.40. The van der Waals surface area contributed by atoms with Crippen molar-refractivity contribution in [1.29, 1.82) is 0 Å². The number of nitrogens with zero attached hydrogens (tertiary/aromatic N) is 2. The van der Waals surface area contributed by atoms with E-state index in [9.17, 15) is 19.7 Å². The summed E-state index contributed by atoms with van der Waals surface area (Å²) in [5.41, 5.74) is 1.28. The topological polar surface area (TPSA) is 137 Å². The summed E-state index contributed by atoms with van der Waals surface area (Å²) in [6.07, 6.45) is 0. The van der Waals surface area contributed by atoms with Crippen LogP contribution in [0.15, 0.2) is 52.9 Å². The minimum absolute atomic E-state index is 0.191. The van der Waals surface area contributed by atoms with Crippen LogP contribution < -0.4 is 15.4 Å². The van der Waals surface area contributed by atoms with E-state index in [2.05, 4.69) is 15.6 Å². The number of carbonyl (C=O) groups excluding carboxylic acids is 2. The molecule has 0 bridgehead atoms. The van der Waals surface area contributed by atoms with Crippen LogP contribution in [0.1, 0.15) is 20.9 Å². The Balaban J connectivity index is 1.51. The first-order chi connectivity index (χ1) is 15.4. The third kappa shape index (κ3) is 4.24. The lowest BCUT2D eigenvalue weighted by atomic mass is 10.2. The molecule has 10 nitrogen and oxygen atoms in total. The molecule has 2 heterocycles. The Bertz CT molecular complexity index is 1370. The van der Waals surface area contributed by atoms with E-state index in [1.165, 1.54) is 24.5 Å². The van der Waals surface area contributed by atoms with Crippen LogP contribution in [0.5, 0.6) is 5.75 Å². The second kappa shape index (κ2) is 8.65. The lowest BCUT2D eigenvalue weighted by Crippen LogP contribution is -2.12. The third-order valence-corrected chi connectivity index (χ3v) is 5.61. The second-order valence-corrected chi connectivity index (χ2v) is 7.74. The van der Waals surface area contributed by atoms with E-state index >= 15 is 0 Å². The molecule has 2 amide bonds. The molecule has 32 heavy (non-hydrogen) atoms. The summed E-state index contributed by atoms with van der Waals surface area (Å²) in [6, 6.07) is 12.1. The number of hydrogen-bond acceptors (Lipinski definition) is 8. The zero-order valence-corrected chi connectivity index (χ0v) is 17.8. The van der Waals surface area contributed by atoms with Crippen molar-refractivity contribution in [3.8, 4) is 5.75 Å². The van der Waals surface area contributed by atoms with Crippen molar-refractivity contribution in [2.75, 3.05) is 17.7 Å². The summed E-state index contributed by atoms with van der Waals surface area (Å²) in [5, 5.41) is 16.5. The molecule has 12 heteroatoms. The van der Waals surface area contributed by atoms with Gasteiger partial charge >= 0.3 is 5.88 Å². The number of furan rings is 1. The number of carbonyl (C=O) groups is 2. The van der Waals surface area contributed by atoms with Gasteiger partial charge in [0, 0.05) is 5.69 Å². The van der Waals surface area contributed by atoms with Gasteiger partial charge in [0.15, 0.2) is 10.9 Å². The highest BCUT2D eigenvalue weighted by Crippen LogP contribution is 2.31. The fraction of sp³-hybridized carbons (Fsp3) is 0.0500. The van der Waals surface area contributed by atoms with E-state index < -0.39 is 22.6 Å². The number of fused-ring (bicyclic) bond motifs is 1. The van der Waals surface area contributed by atoms with Crippen LogP contribution >= 0.6 is 22.9 Å². The molecule has 162 valence electrons. The minimum atomic E-state index is -0.727. The normalized spacial score (nSPS) is 10.7. The number of methoxy groups -OCH3 is 1. The molecule has 0 unspecified atom stereocenters. The highest BCUT2D eigenvalue weighted by atomic mass is 35.5. The van der Waals surface area contributed by atoms with Crippen molar-refractivity contribution in [3.63, 3.8) is 0 Å². The Hall–Kier alpha value is -3.96. The Morgan fingerprint density at radius 1 is 1.16 bits per heavy atom. The molecule has 2 N–H and O–H groups in total. The predicted octanol–water partition coefficient (Wildman–Crippen LogP) is 4.96. The SMILES string of the molecule is COc1cccc(C(=O)Nc2nc3ccc(NC(=O)c4ccc([N+](=O)[O-])o4)cc3s2)c1Cl. The van der Waals surface area contributed by atoms with Crippen molar-refractivity contribution in [2.45, 2.75) is 0 Å². The maximum Gasteiger partial charge on any atom is 0.433 e. The van der Waals surface area contributed by atoms with Gasteiger partial charge in [0.1, 0.15) is 10.7 Å². The van der Waals surface area contributed by atoms with E-state index in [1.54, 1.807) is 36.4 Å². The number of anilines is 2. The predicted molar refractivity (Wildman–Crippen MR) is 119 cm³/mol. The van der Waals surface area contributed by atoms with Crippen LogP contribution in [0.25, 0.3) is 10.2 Å². The molecule has 0 fully saturated rings. The van der Waals surface area contributed by atoms with Gasteiger partial charge in [-0.15, -0.1) is 0 Å². The van der Waals surface area contributed by atoms with Gasteiger partial charge in [0.05, 0.1) is 34.0 Å². The third-order valence-electron chi connectivity index (χ3n) is 4.29. The fourth-order valence-electron chi connectivity index (χ4n) is 2.80. The summed E-state index contributed by atoms with van der Waals surface area (Å²) >= 11 is 7.40. The molecule has 0 atom stereocenters. The molecule has 2 aromatic carbocycles. The Morgan fingerprint density at radius 3 is 2.69 bits per heavy atom. The number of aromatic nitrogens is 1. The molecule has 0 radical (unpaired) electrons. The first-order valence-electron chi connectivity index (χ1n) is 8.95. The highest BCUT2D eigenvalue weighted by molar-refractivity contribution is 7.22. The molecule has 2 aromatic heterocycles. The maximum atomic E-state index is 12.6. The molecule has 4 aromatic rings. The molecule has 0 aliphatic heterocycles. The molecular formula is C20H13ClN4O6S. The fourth-order valence-corrected chi connectivity index (χ4v) is 3.99. The van der Waals surface area contributed by atoms with E-state index in [0.29, 0.717) is 26.8 Å². The van der Waals surface area contributed by atoms with Gasteiger partial charge in [-0.3, -0.25) is 25.0 Å². The molecule has 0 aliphatic rings. The van der Waals surface area contributed by atoms with Crippen LogP contribution in [-0.2, 0) is 0 Å². The Morgan fingerprint density at radius 2 is 1.97 bits per heavy atom. The number of rotatable bonds is 6. The summed E-state index contributed by atoms with van der Waals surface area (Å²) < 4.78 is 10.7. The van der Waals surface area contributed by atoms with E-state index in [1.807, 2.05) is 0 Å². The van der Waals surface area contributed by atoms with Gasteiger partial charge in [0.25, 0.3) is 11.8 Å². The molecule has 0 aliphatic carbocycles. The molecule has 0 saturated heterocycles. The van der Waals surface area contributed by atoms with E-state index in [0.717, 1.165) is 6.07 Å². The molecule has 0 saturated carbocycles. The Kier molecular flexibility index (Phi) is 5.75. The highest BCUT2D eigenvalue weighted by Gasteiger charge is 2.18. The van der Waals surface area contributed by atoms with Gasteiger partial charge in [-0.25, -0.2) is 4.98 Å². The minimum Gasteiger partial charge on any atom is -0.495 e. The number of ether oxygens (including phenoxy) is 1. The quantitative estimate of drug-likeness (QED) is 0.298. The van der Waals surface area contributed by atoms with Gasteiger partial charge in [-0.2, -0.15) is 0 Å². The molecule has 4 rings (SSSR count). The monoisotopic (exact) mass is 472 g/mol. The number of thiazole rings is 1. The first kappa shape index (κ1) is 21.3. The summed E-state index contributed by atoms with van der Waals surface area (Å²) in [7, 11) is 1.46. The zero-order chi connectivity index (χ0) is 22.8. The average molecular weight is 473 g/mol. The number of nitrogens with one attached hydrogen (secondary N) is 2. The lowest BCUT2D eigenvalue weighted by molar-refractivity contribution is -0.402. The number of amides is 2. The Labute approximate surface area is 188 Å². The zero-order valence-electron chi connectivity index (χ0n) is 16.2. The van der Waals surface area contributed by atoms with Crippen LogP contribution in [0.4, 0.5) is 16.7 Å². The van der Waals surface area contributed by atoms with Gasteiger partial charge in [-0.05, 0) is 36.4 Å². The van der Waals surface area contributed by atoms with Gasteiger partial charge in [0.2, 0.25) is 0 Å². The number of benzene rings is 2. The van der Waals surface area contributed by atoms with Crippen LogP contribution in [0.2, 0.25) is 5.02 Å². The smallest absolute Gasteiger partial charge is 0.433 e. The van der Waals surface area contributed by atoms with Crippen molar-refractivity contribution < 1.29 is 23.7 Å². The molecular weight excluding hydrogens is 460 g/mol.